The van der Waals surface area contributed by atoms with Crippen molar-refractivity contribution in [3.8, 4) is 0 Å². The molecule has 160 valence electrons. The maximum atomic E-state index is 13.2. The van der Waals surface area contributed by atoms with Crippen LogP contribution in [-0.2, 0) is 17.9 Å². The van der Waals surface area contributed by atoms with E-state index >= 15 is 0 Å². The molecule has 3 rings (SSSR count). The smallest absolute Gasteiger partial charge is 0.322 e. The molecule has 0 radical (unpaired) electrons. The van der Waals surface area contributed by atoms with Crippen molar-refractivity contribution in [2.75, 3.05) is 18.4 Å². The minimum absolute atomic E-state index is 0.0982. The van der Waals surface area contributed by atoms with Gasteiger partial charge in [0.2, 0.25) is 5.91 Å². The van der Waals surface area contributed by atoms with Crippen molar-refractivity contribution in [1.29, 1.82) is 0 Å². The first-order valence-electron chi connectivity index (χ1n) is 9.81. The van der Waals surface area contributed by atoms with E-state index in [0.29, 0.717) is 29.6 Å². The van der Waals surface area contributed by atoms with Crippen molar-refractivity contribution >= 4 is 29.2 Å². The predicted octanol–water partition coefficient (Wildman–Crippen LogP) is 5.18. The molecule has 0 aliphatic rings. The van der Waals surface area contributed by atoms with Crippen molar-refractivity contribution < 1.29 is 14.0 Å². The Morgan fingerprint density at radius 1 is 0.968 bits per heavy atom. The van der Waals surface area contributed by atoms with Gasteiger partial charge in [0.1, 0.15) is 12.3 Å². The zero-order valence-corrected chi connectivity index (χ0v) is 17.8. The highest BCUT2D eigenvalue weighted by Gasteiger charge is 2.22. The van der Waals surface area contributed by atoms with Gasteiger partial charge >= 0.3 is 6.03 Å². The summed E-state index contributed by atoms with van der Waals surface area (Å²) in [5, 5.41) is 3.36. The Kier molecular flexibility index (Phi) is 7.90. The summed E-state index contributed by atoms with van der Waals surface area (Å²) in [6, 6.07) is 19.7. The van der Waals surface area contributed by atoms with E-state index in [9.17, 15) is 9.59 Å². The lowest BCUT2D eigenvalue weighted by molar-refractivity contribution is -0.133. The number of carbonyl (C=O) groups excluding carboxylic acids is 2. The van der Waals surface area contributed by atoms with Crippen LogP contribution in [0.15, 0.2) is 90.1 Å². The third-order valence-electron chi connectivity index (χ3n) is 4.55. The third kappa shape index (κ3) is 6.76. The molecule has 7 heteroatoms. The summed E-state index contributed by atoms with van der Waals surface area (Å²) in [5.41, 5.74) is 1.58. The molecule has 3 aromatic rings. The van der Waals surface area contributed by atoms with Crippen molar-refractivity contribution in [3.63, 3.8) is 0 Å². The highest BCUT2D eigenvalue weighted by Crippen LogP contribution is 2.15. The van der Waals surface area contributed by atoms with E-state index in [4.69, 9.17) is 16.0 Å². The maximum absolute atomic E-state index is 13.2. The summed E-state index contributed by atoms with van der Waals surface area (Å²) in [5.74, 6) is 0.471. The minimum Gasteiger partial charge on any atom is -0.467 e. The van der Waals surface area contributed by atoms with Crippen LogP contribution < -0.4 is 5.32 Å². The molecule has 1 aromatic heterocycles. The molecule has 0 unspecified atom stereocenters. The summed E-state index contributed by atoms with van der Waals surface area (Å²) in [7, 11) is 0. The van der Waals surface area contributed by atoms with E-state index in [1.165, 1.54) is 4.90 Å². The average molecular weight is 438 g/mol. The van der Waals surface area contributed by atoms with E-state index < -0.39 is 6.03 Å². The van der Waals surface area contributed by atoms with Gasteiger partial charge in [-0.05, 0) is 42.0 Å². The van der Waals surface area contributed by atoms with Crippen LogP contribution in [0.2, 0.25) is 5.02 Å². The number of urea groups is 1. The molecule has 0 saturated heterocycles. The predicted molar refractivity (Wildman–Crippen MR) is 122 cm³/mol. The summed E-state index contributed by atoms with van der Waals surface area (Å²) in [6.07, 6.45) is 3.16. The SMILES string of the molecule is C=CCN(CC(=O)N(Cc1ccccc1)Cc1ccco1)C(=O)Nc1ccc(Cl)cc1. The number of hydrogen-bond donors (Lipinski definition) is 1. The molecule has 0 bridgehead atoms. The molecule has 0 aliphatic carbocycles. The molecule has 1 heterocycles. The van der Waals surface area contributed by atoms with Gasteiger partial charge in [0.25, 0.3) is 0 Å². The molecular weight excluding hydrogens is 414 g/mol. The second-order valence-electron chi connectivity index (χ2n) is 6.92. The van der Waals surface area contributed by atoms with Gasteiger partial charge in [0, 0.05) is 23.8 Å². The first-order chi connectivity index (χ1) is 15.0. The first kappa shape index (κ1) is 22.2. The van der Waals surface area contributed by atoms with Crippen LogP contribution in [0.3, 0.4) is 0 Å². The molecular formula is C24H24ClN3O3. The fourth-order valence-electron chi connectivity index (χ4n) is 3.00. The first-order valence-corrected chi connectivity index (χ1v) is 10.2. The van der Waals surface area contributed by atoms with E-state index in [1.54, 1.807) is 47.6 Å². The molecule has 0 spiro atoms. The van der Waals surface area contributed by atoms with Crippen molar-refractivity contribution in [3.05, 3.63) is 102 Å². The summed E-state index contributed by atoms with van der Waals surface area (Å²) in [6.45, 7) is 4.54. The van der Waals surface area contributed by atoms with Gasteiger partial charge in [-0.15, -0.1) is 6.58 Å². The Bertz CT molecular complexity index is 989. The Morgan fingerprint density at radius 2 is 1.71 bits per heavy atom. The number of halogens is 1. The summed E-state index contributed by atoms with van der Waals surface area (Å²) >= 11 is 5.89. The number of nitrogens with one attached hydrogen (secondary N) is 1. The molecule has 1 N–H and O–H groups in total. The second-order valence-corrected chi connectivity index (χ2v) is 7.36. The number of anilines is 1. The van der Waals surface area contributed by atoms with Crippen LogP contribution in [0.5, 0.6) is 0 Å². The van der Waals surface area contributed by atoms with Crippen LogP contribution >= 0.6 is 11.6 Å². The molecule has 0 aliphatic heterocycles. The lowest BCUT2D eigenvalue weighted by Crippen LogP contribution is -2.44. The van der Waals surface area contributed by atoms with Crippen molar-refractivity contribution in [2.24, 2.45) is 0 Å². The lowest BCUT2D eigenvalue weighted by Gasteiger charge is -2.27. The summed E-state index contributed by atoms with van der Waals surface area (Å²) < 4.78 is 5.43. The number of benzene rings is 2. The second kappa shape index (κ2) is 11.0. The Morgan fingerprint density at radius 3 is 2.35 bits per heavy atom. The highest BCUT2D eigenvalue weighted by atomic mass is 35.5. The van der Waals surface area contributed by atoms with Crippen LogP contribution in [0, 0.1) is 0 Å². The zero-order chi connectivity index (χ0) is 22.1. The molecule has 3 amide bonds. The van der Waals surface area contributed by atoms with Gasteiger partial charge in [-0.25, -0.2) is 4.79 Å². The van der Waals surface area contributed by atoms with Crippen molar-refractivity contribution in [2.45, 2.75) is 13.1 Å². The Hall–Kier alpha value is -3.51. The van der Waals surface area contributed by atoms with Crippen LogP contribution in [0.1, 0.15) is 11.3 Å². The highest BCUT2D eigenvalue weighted by molar-refractivity contribution is 6.30. The molecule has 0 atom stereocenters. The van der Waals surface area contributed by atoms with Gasteiger partial charge in [-0.2, -0.15) is 0 Å². The van der Waals surface area contributed by atoms with E-state index in [2.05, 4.69) is 11.9 Å². The normalized spacial score (nSPS) is 10.4. The van der Waals surface area contributed by atoms with Gasteiger partial charge in [-0.1, -0.05) is 48.0 Å². The van der Waals surface area contributed by atoms with Crippen molar-refractivity contribution in [1.82, 2.24) is 9.80 Å². The quantitative estimate of drug-likeness (QED) is 0.469. The van der Waals surface area contributed by atoms with Crippen LogP contribution in [0.25, 0.3) is 0 Å². The van der Waals surface area contributed by atoms with E-state index in [-0.39, 0.29) is 19.0 Å². The zero-order valence-electron chi connectivity index (χ0n) is 17.0. The fraction of sp³-hybridized carbons (Fsp3) is 0.167. The number of rotatable bonds is 9. The summed E-state index contributed by atoms with van der Waals surface area (Å²) in [4.78, 5) is 29.0. The molecule has 6 nitrogen and oxygen atoms in total. The Balaban J connectivity index is 1.71. The number of nitrogens with zero attached hydrogens (tertiary/aromatic N) is 2. The molecule has 2 aromatic carbocycles. The number of furan rings is 1. The fourth-order valence-corrected chi connectivity index (χ4v) is 3.13. The van der Waals surface area contributed by atoms with Crippen LogP contribution in [-0.4, -0.2) is 34.8 Å². The van der Waals surface area contributed by atoms with Crippen LogP contribution in [0.4, 0.5) is 10.5 Å². The third-order valence-corrected chi connectivity index (χ3v) is 4.81. The topological polar surface area (TPSA) is 65.8 Å². The Labute approximate surface area is 186 Å². The van der Waals surface area contributed by atoms with Gasteiger partial charge < -0.3 is 19.5 Å². The minimum atomic E-state index is -0.395. The van der Waals surface area contributed by atoms with Gasteiger partial charge in [0.05, 0.1) is 12.8 Å². The number of hydrogen-bond acceptors (Lipinski definition) is 3. The molecule has 31 heavy (non-hydrogen) atoms. The molecule has 0 saturated carbocycles. The van der Waals surface area contributed by atoms with Gasteiger partial charge in [0.15, 0.2) is 0 Å². The largest absolute Gasteiger partial charge is 0.467 e. The maximum Gasteiger partial charge on any atom is 0.322 e. The standard InChI is InChI=1S/C24H24ClN3O3/c1-2-14-27(24(30)26-21-12-10-20(25)11-13-21)18-23(29)28(17-22-9-6-15-31-22)16-19-7-4-3-5-8-19/h2-13,15H,1,14,16-18H2,(H,26,30). The van der Waals surface area contributed by atoms with E-state index in [1.807, 2.05) is 36.4 Å². The molecule has 0 fully saturated rings. The average Bonchev–Trinajstić information content (AvgIpc) is 3.28. The van der Waals surface area contributed by atoms with E-state index in [0.717, 1.165) is 5.56 Å². The van der Waals surface area contributed by atoms with Gasteiger partial charge in [-0.3, -0.25) is 4.79 Å². The number of amides is 3. The number of carbonyl (C=O) groups is 2. The monoisotopic (exact) mass is 437 g/mol. The lowest BCUT2D eigenvalue weighted by atomic mass is 10.2.